The van der Waals surface area contributed by atoms with Crippen molar-refractivity contribution >= 4 is 11.7 Å². The molecule has 0 radical (unpaired) electrons. The molecule has 1 saturated carbocycles. The largest absolute Gasteiger partial charge is 0.375 e. The van der Waals surface area contributed by atoms with Gasteiger partial charge in [-0.25, -0.2) is 4.98 Å². The lowest BCUT2D eigenvalue weighted by Crippen LogP contribution is -2.42. The first-order chi connectivity index (χ1) is 11.2. The van der Waals surface area contributed by atoms with Gasteiger partial charge in [-0.15, -0.1) is 0 Å². The van der Waals surface area contributed by atoms with E-state index >= 15 is 0 Å². The Morgan fingerprint density at radius 1 is 1.39 bits per heavy atom. The molecular weight excluding hydrogens is 290 g/mol. The van der Waals surface area contributed by atoms with Crippen LogP contribution in [0.2, 0.25) is 0 Å². The SMILES string of the molecule is CCCNC(=O)c1ccc(NC2CCOC3(CCCC3)C2)nc1. The van der Waals surface area contributed by atoms with E-state index < -0.39 is 0 Å². The van der Waals surface area contributed by atoms with Gasteiger partial charge in [-0.3, -0.25) is 4.79 Å². The van der Waals surface area contributed by atoms with Gasteiger partial charge in [-0.2, -0.15) is 0 Å². The number of ether oxygens (including phenoxy) is 1. The normalized spacial score (nSPS) is 22.9. The molecule has 1 aliphatic carbocycles. The maximum absolute atomic E-state index is 11.9. The van der Waals surface area contributed by atoms with Gasteiger partial charge in [0, 0.05) is 25.4 Å². The van der Waals surface area contributed by atoms with Crippen LogP contribution in [0.15, 0.2) is 18.3 Å². The molecule has 1 aromatic rings. The van der Waals surface area contributed by atoms with E-state index in [1.165, 1.54) is 25.7 Å². The maximum Gasteiger partial charge on any atom is 0.252 e. The van der Waals surface area contributed by atoms with Crippen LogP contribution in [-0.4, -0.2) is 35.7 Å². The summed E-state index contributed by atoms with van der Waals surface area (Å²) in [6.45, 7) is 3.56. The molecule has 5 heteroatoms. The molecule has 0 bridgehead atoms. The Balaban J connectivity index is 1.56. The second-order valence-electron chi connectivity index (χ2n) is 6.76. The minimum absolute atomic E-state index is 0.0538. The van der Waals surface area contributed by atoms with Crippen LogP contribution in [-0.2, 0) is 4.74 Å². The second-order valence-corrected chi connectivity index (χ2v) is 6.76. The van der Waals surface area contributed by atoms with Crippen molar-refractivity contribution in [3.05, 3.63) is 23.9 Å². The molecule has 23 heavy (non-hydrogen) atoms. The summed E-state index contributed by atoms with van der Waals surface area (Å²) in [5.74, 6) is 0.791. The van der Waals surface area contributed by atoms with E-state index in [9.17, 15) is 4.79 Å². The minimum Gasteiger partial charge on any atom is -0.375 e. The highest BCUT2D eigenvalue weighted by molar-refractivity contribution is 5.94. The van der Waals surface area contributed by atoms with Crippen LogP contribution in [0.3, 0.4) is 0 Å². The Hall–Kier alpha value is -1.62. The molecular formula is C18H27N3O2. The molecule has 1 aliphatic heterocycles. The number of hydrogen-bond acceptors (Lipinski definition) is 4. The third-order valence-corrected chi connectivity index (χ3v) is 4.92. The summed E-state index contributed by atoms with van der Waals surface area (Å²) >= 11 is 0. The summed E-state index contributed by atoms with van der Waals surface area (Å²) in [6, 6.07) is 4.15. The Morgan fingerprint density at radius 3 is 2.91 bits per heavy atom. The molecule has 1 spiro atoms. The number of rotatable bonds is 5. The van der Waals surface area contributed by atoms with E-state index in [1.54, 1.807) is 6.20 Å². The number of anilines is 1. The van der Waals surface area contributed by atoms with Crippen molar-refractivity contribution in [2.45, 2.75) is 63.5 Å². The Morgan fingerprint density at radius 2 is 2.22 bits per heavy atom. The molecule has 2 N–H and O–H groups in total. The predicted octanol–water partition coefficient (Wildman–Crippen LogP) is 3.13. The monoisotopic (exact) mass is 317 g/mol. The zero-order valence-corrected chi connectivity index (χ0v) is 13.9. The van der Waals surface area contributed by atoms with E-state index in [4.69, 9.17) is 4.74 Å². The first kappa shape index (κ1) is 16.2. The highest BCUT2D eigenvalue weighted by Gasteiger charge is 2.39. The van der Waals surface area contributed by atoms with Crippen molar-refractivity contribution in [1.29, 1.82) is 0 Å². The smallest absolute Gasteiger partial charge is 0.252 e. The summed E-state index contributed by atoms with van der Waals surface area (Å²) in [7, 11) is 0. The molecule has 1 unspecified atom stereocenters. The molecule has 1 aromatic heterocycles. The number of amides is 1. The quantitative estimate of drug-likeness (QED) is 0.876. The number of nitrogens with one attached hydrogen (secondary N) is 2. The Labute approximate surface area is 138 Å². The van der Waals surface area contributed by atoms with Crippen LogP contribution in [0.5, 0.6) is 0 Å². The lowest BCUT2D eigenvalue weighted by molar-refractivity contribution is -0.0767. The zero-order valence-electron chi connectivity index (χ0n) is 13.9. The zero-order chi connectivity index (χ0) is 16.1. The van der Waals surface area contributed by atoms with Crippen LogP contribution >= 0.6 is 0 Å². The molecule has 3 rings (SSSR count). The average Bonchev–Trinajstić information content (AvgIpc) is 3.01. The van der Waals surface area contributed by atoms with Gasteiger partial charge < -0.3 is 15.4 Å². The van der Waals surface area contributed by atoms with Gasteiger partial charge >= 0.3 is 0 Å². The van der Waals surface area contributed by atoms with Gasteiger partial charge in [-0.1, -0.05) is 19.8 Å². The molecule has 1 atom stereocenters. The Kier molecular flexibility index (Phi) is 5.16. The van der Waals surface area contributed by atoms with Crippen LogP contribution in [0.25, 0.3) is 0 Å². The Bertz CT molecular complexity index is 524. The number of carbonyl (C=O) groups excluding carboxylic acids is 1. The fraction of sp³-hybridized carbons (Fsp3) is 0.667. The van der Waals surface area contributed by atoms with Crippen molar-refractivity contribution in [3.8, 4) is 0 Å². The average molecular weight is 317 g/mol. The first-order valence-corrected chi connectivity index (χ1v) is 8.85. The first-order valence-electron chi connectivity index (χ1n) is 8.85. The topological polar surface area (TPSA) is 63.2 Å². The van der Waals surface area contributed by atoms with E-state index in [1.807, 2.05) is 19.1 Å². The van der Waals surface area contributed by atoms with Gasteiger partial charge in [-0.05, 0) is 44.2 Å². The van der Waals surface area contributed by atoms with Crippen molar-refractivity contribution in [1.82, 2.24) is 10.3 Å². The molecule has 2 fully saturated rings. The number of pyridine rings is 1. The molecule has 5 nitrogen and oxygen atoms in total. The van der Waals surface area contributed by atoms with Crippen molar-refractivity contribution < 1.29 is 9.53 Å². The van der Waals surface area contributed by atoms with E-state index in [0.29, 0.717) is 18.2 Å². The van der Waals surface area contributed by atoms with Crippen LogP contribution < -0.4 is 10.6 Å². The predicted molar refractivity (Wildman–Crippen MR) is 90.7 cm³/mol. The summed E-state index contributed by atoms with van der Waals surface area (Å²) < 4.78 is 6.07. The number of carbonyl (C=O) groups is 1. The van der Waals surface area contributed by atoms with Gasteiger partial charge in [0.25, 0.3) is 5.91 Å². The lowest BCUT2D eigenvalue weighted by Gasteiger charge is -2.38. The number of nitrogens with zero attached hydrogens (tertiary/aromatic N) is 1. The fourth-order valence-corrected chi connectivity index (χ4v) is 3.68. The van der Waals surface area contributed by atoms with E-state index in [0.717, 1.165) is 31.7 Å². The highest BCUT2D eigenvalue weighted by atomic mass is 16.5. The summed E-state index contributed by atoms with van der Waals surface area (Å²) in [5.41, 5.74) is 0.721. The molecule has 2 heterocycles. The summed E-state index contributed by atoms with van der Waals surface area (Å²) in [4.78, 5) is 16.3. The standard InChI is InChI=1S/C18H27N3O2/c1-2-10-19-17(22)14-5-6-16(20-13-14)21-15-7-11-23-18(12-15)8-3-4-9-18/h5-6,13,15H,2-4,7-12H2,1H3,(H,19,22)(H,20,21). The third-order valence-electron chi connectivity index (χ3n) is 4.92. The van der Waals surface area contributed by atoms with Crippen LogP contribution in [0, 0.1) is 0 Å². The lowest BCUT2D eigenvalue weighted by atomic mass is 9.89. The minimum atomic E-state index is -0.0538. The van der Waals surface area contributed by atoms with E-state index in [2.05, 4.69) is 15.6 Å². The molecule has 126 valence electrons. The summed E-state index contributed by atoms with van der Waals surface area (Å²) in [6.07, 6.45) is 9.61. The third kappa shape index (κ3) is 4.02. The van der Waals surface area contributed by atoms with Crippen molar-refractivity contribution in [2.24, 2.45) is 0 Å². The highest BCUT2D eigenvalue weighted by Crippen LogP contribution is 2.40. The molecule has 0 aromatic carbocycles. The van der Waals surface area contributed by atoms with Gasteiger partial charge in [0.2, 0.25) is 0 Å². The van der Waals surface area contributed by atoms with Crippen molar-refractivity contribution in [2.75, 3.05) is 18.5 Å². The molecule has 1 saturated heterocycles. The van der Waals surface area contributed by atoms with Crippen molar-refractivity contribution in [3.63, 3.8) is 0 Å². The maximum atomic E-state index is 11.9. The van der Waals surface area contributed by atoms with E-state index in [-0.39, 0.29) is 11.5 Å². The second kappa shape index (κ2) is 7.30. The van der Waals surface area contributed by atoms with Gasteiger partial charge in [0.05, 0.1) is 11.2 Å². The van der Waals surface area contributed by atoms with Gasteiger partial charge in [0.15, 0.2) is 0 Å². The number of aromatic nitrogens is 1. The van der Waals surface area contributed by atoms with Crippen LogP contribution in [0.1, 0.15) is 62.2 Å². The number of hydrogen-bond donors (Lipinski definition) is 2. The fourth-order valence-electron chi connectivity index (χ4n) is 3.68. The van der Waals surface area contributed by atoms with Gasteiger partial charge in [0.1, 0.15) is 5.82 Å². The molecule has 2 aliphatic rings. The molecule has 1 amide bonds. The summed E-state index contributed by atoms with van der Waals surface area (Å²) in [5, 5.41) is 6.39. The van der Waals surface area contributed by atoms with Crippen LogP contribution in [0.4, 0.5) is 5.82 Å².